The van der Waals surface area contributed by atoms with Crippen molar-refractivity contribution in [2.45, 2.75) is 20.0 Å². The SMILES string of the molecule is Cc1cc(C(=O)N2CCN(Cc3ccccc3)CC2)nc(NCc2ccco2)n1. The molecule has 2 aromatic heterocycles. The number of nitrogens with one attached hydrogen (secondary N) is 1. The third-order valence-electron chi connectivity index (χ3n) is 4.98. The molecule has 0 aliphatic carbocycles. The molecule has 1 saturated heterocycles. The van der Waals surface area contributed by atoms with Crippen LogP contribution in [0.25, 0.3) is 0 Å². The van der Waals surface area contributed by atoms with Gasteiger partial charge in [0.05, 0.1) is 12.8 Å². The Hall–Kier alpha value is -3.19. The molecule has 7 nitrogen and oxygen atoms in total. The van der Waals surface area contributed by atoms with Gasteiger partial charge >= 0.3 is 0 Å². The molecule has 4 rings (SSSR count). The maximum Gasteiger partial charge on any atom is 0.272 e. The average molecular weight is 391 g/mol. The first-order valence-electron chi connectivity index (χ1n) is 9.85. The van der Waals surface area contributed by atoms with Crippen molar-refractivity contribution in [2.75, 3.05) is 31.5 Å². The molecule has 0 spiro atoms. The Morgan fingerprint density at radius 1 is 1.07 bits per heavy atom. The number of benzene rings is 1. The molecule has 3 aromatic rings. The van der Waals surface area contributed by atoms with Gasteiger partial charge in [0.25, 0.3) is 5.91 Å². The number of nitrogens with zero attached hydrogens (tertiary/aromatic N) is 4. The van der Waals surface area contributed by atoms with Crippen molar-refractivity contribution in [1.82, 2.24) is 19.8 Å². The summed E-state index contributed by atoms with van der Waals surface area (Å²) in [6.07, 6.45) is 1.63. The number of hydrogen-bond donors (Lipinski definition) is 1. The summed E-state index contributed by atoms with van der Waals surface area (Å²) in [5.74, 6) is 1.18. The number of amides is 1. The lowest BCUT2D eigenvalue weighted by Gasteiger charge is -2.34. The van der Waals surface area contributed by atoms with Crippen LogP contribution in [0.4, 0.5) is 5.95 Å². The lowest BCUT2D eigenvalue weighted by molar-refractivity contribution is 0.0622. The van der Waals surface area contributed by atoms with Crippen LogP contribution in [0, 0.1) is 6.92 Å². The van der Waals surface area contributed by atoms with Gasteiger partial charge < -0.3 is 14.6 Å². The highest BCUT2D eigenvalue weighted by atomic mass is 16.3. The third kappa shape index (κ3) is 5.00. The molecule has 1 aromatic carbocycles. The quantitative estimate of drug-likeness (QED) is 0.696. The van der Waals surface area contributed by atoms with Crippen LogP contribution in [0.1, 0.15) is 27.5 Å². The van der Waals surface area contributed by atoms with Crippen LogP contribution < -0.4 is 5.32 Å². The Balaban J connectivity index is 1.35. The molecule has 0 radical (unpaired) electrons. The second-order valence-electron chi connectivity index (χ2n) is 7.21. The van der Waals surface area contributed by atoms with Gasteiger partial charge in [-0.15, -0.1) is 0 Å². The number of hydrogen-bond acceptors (Lipinski definition) is 6. The molecule has 1 fully saturated rings. The maximum absolute atomic E-state index is 13.0. The van der Waals surface area contributed by atoms with Crippen molar-refractivity contribution in [3.63, 3.8) is 0 Å². The van der Waals surface area contributed by atoms with E-state index in [2.05, 4.69) is 44.5 Å². The minimum absolute atomic E-state index is 0.0455. The molecular weight excluding hydrogens is 366 g/mol. The maximum atomic E-state index is 13.0. The predicted octanol–water partition coefficient (Wildman–Crippen LogP) is 2.95. The fourth-order valence-electron chi connectivity index (χ4n) is 3.45. The van der Waals surface area contributed by atoms with Gasteiger partial charge in [0, 0.05) is 38.4 Å². The van der Waals surface area contributed by atoms with E-state index in [1.807, 2.05) is 30.0 Å². The summed E-state index contributed by atoms with van der Waals surface area (Å²) in [4.78, 5) is 26.0. The van der Waals surface area contributed by atoms with Crippen LogP contribution in [0.15, 0.2) is 59.2 Å². The lowest BCUT2D eigenvalue weighted by Crippen LogP contribution is -2.48. The van der Waals surface area contributed by atoms with E-state index < -0.39 is 0 Å². The summed E-state index contributed by atoms with van der Waals surface area (Å²) in [7, 11) is 0. The number of anilines is 1. The summed E-state index contributed by atoms with van der Waals surface area (Å²) < 4.78 is 5.31. The molecule has 0 unspecified atom stereocenters. The van der Waals surface area contributed by atoms with E-state index in [4.69, 9.17) is 4.42 Å². The Kier molecular flexibility index (Phi) is 5.86. The highest BCUT2D eigenvalue weighted by Gasteiger charge is 2.23. The molecule has 29 heavy (non-hydrogen) atoms. The molecule has 0 saturated carbocycles. The first kappa shape index (κ1) is 19.1. The molecule has 1 amide bonds. The van der Waals surface area contributed by atoms with E-state index in [1.54, 1.807) is 12.3 Å². The molecule has 1 aliphatic heterocycles. The van der Waals surface area contributed by atoms with Gasteiger partial charge in [-0.3, -0.25) is 9.69 Å². The van der Waals surface area contributed by atoms with Gasteiger partial charge in [0.2, 0.25) is 5.95 Å². The van der Waals surface area contributed by atoms with Crippen molar-refractivity contribution in [2.24, 2.45) is 0 Å². The smallest absolute Gasteiger partial charge is 0.272 e. The van der Waals surface area contributed by atoms with Gasteiger partial charge in [0.15, 0.2) is 0 Å². The molecular formula is C22H25N5O2. The molecule has 3 heterocycles. The highest BCUT2D eigenvalue weighted by molar-refractivity contribution is 5.92. The topological polar surface area (TPSA) is 74.5 Å². The van der Waals surface area contributed by atoms with Crippen molar-refractivity contribution < 1.29 is 9.21 Å². The van der Waals surface area contributed by atoms with E-state index in [0.29, 0.717) is 31.3 Å². The van der Waals surface area contributed by atoms with E-state index >= 15 is 0 Å². The van der Waals surface area contributed by atoms with Gasteiger partial charge in [0.1, 0.15) is 11.5 Å². The number of aromatic nitrogens is 2. The van der Waals surface area contributed by atoms with Crippen molar-refractivity contribution >= 4 is 11.9 Å². The summed E-state index contributed by atoms with van der Waals surface area (Å²) in [6, 6.07) is 15.9. The summed E-state index contributed by atoms with van der Waals surface area (Å²) in [6.45, 7) is 6.36. The molecule has 7 heteroatoms. The summed E-state index contributed by atoms with van der Waals surface area (Å²) in [5.41, 5.74) is 2.48. The zero-order valence-electron chi connectivity index (χ0n) is 16.5. The second-order valence-corrected chi connectivity index (χ2v) is 7.21. The number of furan rings is 1. The number of rotatable bonds is 6. The number of carbonyl (C=O) groups excluding carboxylic acids is 1. The number of aryl methyl sites for hydroxylation is 1. The third-order valence-corrected chi connectivity index (χ3v) is 4.98. The average Bonchev–Trinajstić information content (AvgIpc) is 3.26. The molecule has 1 aliphatic rings. The van der Waals surface area contributed by atoms with Gasteiger partial charge in [-0.05, 0) is 30.7 Å². The first-order chi connectivity index (χ1) is 14.2. The molecule has 0 atom stereocenters. The largest absolute Gasteiger partial charge is 0.467 e. The Morgan fingerprint density at radius 2 is 1.86 bits per heavy atom. The minimum Gasteiger partial charge on any atom is -0.467 e. The fourth-order valence-corrected chi connectivity index (χ4v) is 3.45. The van der Waals surface area contributed by atoms with E-state index in [-0.39, 0.29) is 5.91 Å². The number of carbonyl (C=O) groups is 1. The van der Waals surface area contributed by atoms with E-state index in [0.717, 1.165) is 31.1 Å². The van der Waals surface area contributed by atoms with E-state index in [1.165, 1.54) is 5.56 Å². The fraction of sp³-hybridized carbons (Fsp3) is 0.318. The summed E-state index contributed by atoms with van der Waals surface area (Å²) >= 11 is 0. The normalized spacial score (nSPS) is 14.7. The Bertz CT molecular complexity index is 935. The van der Waals surface area contributed by atoms with Crippen LogP contribution in [-0.2, 0) is 13.1 Å². The number of piperazine rings is 1. The first-order valence-corrected chi connectivity index (χ1v) is 9.85. The summed E-state index contributed by atoms with van der Waals surface area (Å²) in [5, 5.41) is 3.13. The lowest BCUT2D eigenvalue weighted by atomic mass is 10.2. The van der Waals surface area contributed by atoms with Crippen LogP contribution in [0.2, 0.25) is 0 Å². The van der Waals surface area contributed by atoms with Crippen molar-refractivity contribution in [3.8, 4) is 0 Å². The standard InChI is InChI=1S/C22H25N5O2/c1-17-14-20(25-22(24-17)23-15-19-8-5-13-29-19)21(28)27-11-9-26(10-12-27)16-18-6-3-2-4-7-18/h2-8,13-14H,9-12,15-16H2,1H3,(H,23,24,25). The van der Waals surface area contributed by atoms with Crippen molar-refractivity contribution in [1.29, 1.82) is 0 Å². The minimum atomic E-state index is -0.0455. The predicted molar refractivity (Wildman–Crippen MR) is 110 cm³/mol. The zero-order chi connectivity index (χ0) is 20.1. The Morgan fingerprint density at radius 3 is 2.59 bits per heavy atom. The Labute approximate surface area is 170 Å². The van der Waals surface area contributed by atoms with Crippen LogP contribution in [0.3, 0.4) is 0 Å². The van der Waals surface area contributed by atoms with Crippen LogP contribution in [-0.4, -0.2) is 51.9 Å². The van der Waals surface area contributed by atoms with Crippen molar-refractivity contribution in [3.05, 3.63) is 77.5 Å². The van der Waals surface area contributed by atoms with Crippen LogP contribution in [0.5, 0.6) is 0 Å². The van der Waals surface area contributed by atoms with Crippen LogP contribution >= 0.6 is 0 Å². The monoisotopic (exact) mass is 391 g/mol. The molecule has 150 valence electrons. The molecule has 0 bridgehead atoms. The van der Waals surface area contributed by atoms with Gasteiger partial charge in [-0.2, -0.15) is 0 Å². The highest BCUT2D eigenvalue weighted by Crippen LogP contribution is 2.13. The van der Waals surface area contributed by atoms with Gasteiger partial charge in [-0.25, -0.2) is 9.97 Å². The zero-order valence-corrected chi connectivity index (χ0v) is 16.5. The van der Waals surface area contributed by atoms with E-state index in [9.17, 15) is 4.79 Å². The second kappa shape index (κ2) is 8.87. The molecule has 1 N–H and O–H groups in total. The van der Waals surface area contributed by atoms with Gasteiger partial charge in [-0.1, -0.05) is 30.3 Å².